The Hall–Kier alpha value is -1.60. The average Bonchev–Trinajstić information content (AvgIpc) is 3.03. The first-order valence-electron chi connectivity index (χ1n) is 8.63. The summed E-state index contributed by atoms with van der Waals surface area (Å²) in [6.07, 6.45) is 0. The number of fused-ring (bicyclic) bond motifs is 1. The average molecular weight is 420 g/mol. The van der Waals surface area contributed by atoms with E-state index in [1.807, 2.05) is 32.3 Å². The van der Waals surface area contributed by atoms with Gasteiger partial charge in [-0.15, -0.1) is 11.8 Å². The molecule has 1 aromatic heterocycles. The molecule has 0 atom stereocenters. The molecule has 0 fully saturated rings. The number of halogens is 1. The molecular weight excluding hydrogens is 398 g/mol. The quantitative estimate of drug-likeness (QED) is 0.508. The van der Waals surface area contributed by atoms with Gasteiger partial charge in [-0.3, -0.25) is 9.69 Å². The summed E-state index contributed by atoms with van der Waals surface area (Å²) in [7, 11) is 4.00. The predicted molar refractivity (Wildman–Crippen MR) is 117 cm³/mol. The second-order valence-corrected chi connectivity index (χ2v) is 9.05. The first kappa shape index (κ1) is 20.1. The van der Waals surface area contributed by atoms with Gasteiger partial charge in [-0.05, 0) is 51.4 Å². The van der Waals surface area contributed by atoms with Crippen LogP contribution in [0.25, 0.3) is 10.2 Å². The Morgan fingerprint density at radius 3 is 2.59 bits per heavy atom. The van der Waals surface area contributed by atoms with Gasteiger partial charge in [-0.25, -0.2) is 4.98 Å². The number of thioether (sulfide) groups is 1. The molecule has 2 aromatic carbocycles. The lowest BCUT2D eigenvalue weighted by atomic mass is 10.2. The van der Waals surface area contributed by atoms with Crippen molar-refractivity contribution in [2.75, 3.05) is 37.8 Å². The molecule has 0 N–H and O–H groups in total. The van der Waals surface area contributed by atoms with Crippen LogP contribution >= 0.6 is 34.7 Å². The second kappa shape index (κ2) is 9.06. The van der Waals surface area contributed by atoms with Gasteiger partial charge >= 0.3 is 0 Å². The van der Waals surface area contributed by atoms with E-state index < -0.39 is 0 Å². The van der Waals surface area contributed by atoms with Gasteiger partial charge in [0.15, 0.2) is 5.13 Å². The number of carbonyl (C=O) groups excluding carboxylic acids is 1. The van der Waals surface area contributed by atoms with E-state index in [2.05, 4.69) is 41.1 Å². The SMILES string of the molecule is Cc1ccc(SCC(=O)N(CCN(C)C)c2nc3ccc(Cl)cc3s2)cc1. The number of aryl methyl sites for hydroxylation is 1. The number of hydrogen-bond acceptors (Lipinski definition) is 5. The molecule has 1 amide bonds. The number of anilines is 1. The minimum absolute atomic E-state index is 0.0626. The van der Waals surface area contributed by atoms with Crippen LogP contribution in [0.15, 0.2) is 47.4 Å². The summed E-state index contributed by atoms with van der Waals surface area (Å²) in [5, 5.41) is 1.41. The number of benzene rings is 2. The van der Waals surface area contributed by atoms with E-state index in [9.17, 15) is 4.79 Å². The molecule has 0 saturated heterocycles. The fraction of sp³-hybridized carbons (Fsp3) is 0.300. The number of amides is 1. The van der Waals surface area contributed by atoms with Crippen molar-refractivity contribution in [3.8, 4) is 0 Å². The third kappa shape index (κ3) is 5.45. The Kier molecular flexibility index (Phi) is 6.76. The summed E-state index contributed by atoms with van der Waals surface area (Å²) >= 11 is 9.15. The zero-order valence-corrected chi connectivity index (χ0v) is 18.0. The molecule has 0 saturated carbocycles. The highest BCUT2D eigenvalue weighted by molar-refractivity contribution is 8.00. The van der Waals surface area contributed by atoms with Crippen LogP contribution in [0.5, 0.6) is 0 Å². The van der Waals surface area contributed by atoms with Crippen molar-refractivity contribution in [2.45, 2.75) is 11.8 Å². The summed E-state index contributed by atoms with van der Waals surface area (Å²) < 4.78 is 0.992. The summed E-state index contributed by atoms with van der Waals surface area (Å²) in [5.41, 5.74) is 2.08. The number of thiazole rings is 1. The Morgan fingerprint density at radius 2 is 1.89 bits per heavy atom. The van der Waals surface area contributed by atoms with Crippen LogP contribution in [-0.4, -0.2) is 48.7 Å². The topological polar surface area (TPSA) is 36.4 Å². The highest BCUT2D eigenvalue weighted by Gasteiger charge is 2.20. The molecule has 3 aromatic rings. The van der Waals surface area contributed by atoms with E-state index >= 15 is 0 Å². The lowest BCUT2D eigenvalue weighted by Gasteiger charge is -2.21. The van der Waals surface area contributed by atoms with Crippen molar-refractivity contribution in [2.24, 2.45) is 0 Å². The maximum absolute atomic E-state index is 13.0. The number of hydrogen-bond donors (Lipinski definition) is 0. The largest absolute Gasteiger partial charge is 0.308 e. The molecule has 4 nitrogen and oxygen atoms in total. The highest BCUT2D eigenvalue weighted by Crippen LogP contribution is 2.31. The number of carbonyl (C=O) groups is 1. The Labute approximate surface area is 173 Å². The number of nitrogens with zero attached hydrogens (tertiary/aromatic N) is 3. The standard InChI is InChI=1S/C20H22ClN3OS2/c1-14-4-7-16(8-5-14)26-13-19(25)24(11-10-23(2)3)20-22-17-9-6-15(21)12-18(17)27-20/h4-9,12H,10-11,13H2,1-3H3. The van der Waals surface area contributed by atoms with Gasteiger partial charge in [0, 0.05) is 23.0 Å². The smallest absolute Gasteiger partial charge is 0.239 e. The summed E-state index contributed by atoms with van der Waals surface area (Å²) in [5.74, 6) is 0.445. The molecule has 27 heavy (non-hydrogen) atoms. The third-order valence-electron chi connectivity index (χ3n) is 4.03. The van der Waals surface area contributed by atoms with Crippen molar-refractivity contribution in [3.05, 3.63) is 53.1 Å². The van der Waals surface area contributed by atoms with Crippen LogP contribution in [0.2, 0.25) is 5.02 Å². The van der Waals surface area contributed by atoms with E-state index in [0.717, 1.165) is 26.8 Å². The van der Waals surface area contributed by atoms with Crippen LogP contribution in [0.3, 0.4) is 0 Å². The van der Waals surface area contributed by atoms with E-state index in [1.165, 1.54) is 16.9 Å². The van der Waals surface area contributed by atoms with E-state index in [-0.39, 0.29) is 5.91 Å². The Morgan fingerprint density at radius 1 is 1.15 bits per heavy atom. The van der Waals surface area contributed by atoms with Crippen LogP contribution in [0, 0.1) is 6.92 Å². The lowest BCUT2D eigenvalue weighted by molar-refractivity contribution is -0.116. The van der Waals surface area contributed by atoms with Crippen LogP contribution in [0.1, 0.15) is 5.56 Å². The number of aromatic nitrogens is 1. The number of rotatable bonds is 7. The Balaban J connectivity index is 1.78. The van der Waals surface area contributed by atoms with Gasteiger partial charge in [0.25, 0.3) is 0 Å². The molecular formula is C20H22ClN3OS2. The first-order chi connectivity index (χ1) is 12.9. The lowest BCUT2D eigenvalue weighted by Crippen LogP contribution is -2.37. The van der Waals surface area contributed by atoms with Crippen LogP contribution in [-0.2, 0) is 4.79 Å². The van der Waals surface area contributed by atoms with Crippen molar-refractivity contribution < 1.29 is 4.79 Å². The van der Waals surface area contributed by atoms with E-state index in [4.69, 9.17) is 11.6 Å². The van der Waals surface area contributed by atoms with Crippen molar-refractivity contribution >= 4 is 56.0 Å². The van der Waals surface area contributed by atoms with E-state index in [1.54, 1.807) is 16.7 Å². The van der Waals surface area contributed by atoms with Crippen LogP contribution < -0.4 is 4.90 Å². The fourth-order valence-corrected chi connectivity index (χ4v) is 4.55. The van der Waals surface area contributed by atoms with Gasteiger partial charge in [-0.2, -0.15) is 0 Å². The molecule has 0 radical (unpaired) electrons. The molecule has 142 valence electrons. The van der Waals surface area contributed by atoms with Crippen molar-refractivity contribution in [1.82, 2.24) is 9.88 Å². The van der Waals surface area contributed by atoms with E-state index in [0.29, 0.717) is 17.3 Å². The Bertz CT molecular complexity index is 925. The monoisotopic (exact) mass is 419 g/mol. The molecule has 0 unspecified atom stereocenters. The zero-order valence-electron chi connectivity index (χ0n) is 15.6. The van der Waals surface area contributed by atoms with Gasteiger partial charge in [0.05, 0.1) is 16.0 Å². The highest BCUT2D eigenvalue weighted by atomic mass is 35.5. The minimum Gasteiger partial charge on any atom is -0.308 e. The van der Waals surface area contributed by atoms with Crippen LogP contribution in [0.4, 0.5) is 5.13 Å². The van der Waals surface area contributed by atoms with Crippen molar-refractivity contribution in [1.29, 1.82) is 0 Å². The fourth-order valence-electron chi connectivity index (χ4n) is 2.49. The van der Waals surface area contributed by atoms with Crippen molar-refractivity contribution in [3.63, 3.8) is 0 Å². The molecule has 0 bridgehead atoms. The first-order valence-corrected chi connectivity index (χ1v) is 10.8. The molecule has 0 aliphatic carbocycles. The maximum Gasteiger partial charge on any atom is 0.239 e. The summed E-state index contributed by atoms with van der Waals surface area (Å²) in [4.78, 5) is 22.6. The third-order valence-corrected chi connectivity index (χ3v) is 6.30. The summed E-state index contributed by atoms with van der Waals surface area (Å²) in [6.45, 7) is 3.44. The summed E-state index contributed by atoms with van der Waals surface area (Å²) in [6, 6.07) is 13.9. The van der Waals surface area contributed by atoms with Gasteiger partial charge in [0.1, 0.15) is 0 Å². The molecule has 7 heteroatoms. The minimum atomic E-state index is 0.0626. The predicted octanol–water partition coefficient (Wildman–Crippen LogP) is 4.95. The molecule has 3 rings (SSSR count). The molecule has 0 spiro atoms. The molecule has 1 heterocycles. The molecule has 0 aliphatic heterocycles. The zero-order chi connectivity index (χ0) is 19.4. The second-order valence-electron chi connectivity index (χ2n) is 6.56. The maximum atomic E-state index is 13.0. The van der Waals surface area contributed by atoms with Gasteiger partial charge in [0.2, 0.25) is 5.91 Å². The van der Waals surface area contributed by atoms with Gasteiger partial charge in [-0.1, -0.05) is 40.6 Å². The van der Waals surface area contributed by atoms with Gasteiger partial charge < -0.3 is 4.90 Å². The molecule has 0 aliphatic rings. The normalized spacial score (nSPS) is 11.3. The number of likely N-dealkylation sites (N-methyl/N-ethyl adjacent to an activating group) is 1.